The van der Waals surface area contributed by atoms with Crippen molar-refractivity contribution in [3.05, 3.63) is 21.7 Å². The van der Waals surface area contributed by atoms with E-state index >= 15 is 0 Å². The van der Waals surface area contributed by atoms with E-state index in [0.717, 1.165) is 0 Å². The van der Waals surface area contributed by atoms with E-state index in [1.807, 2.05) is 0 Å². The van der Waals surface area contributed by atoms with Crippen molar-refractivity contribution >= 4 is 21.9 Å². The first kappa shape index (κ1) is 12.2. The summed E-state index contributed by atoms with van der Waals surface area (Å²) in [5.74, 6) is -0.301. The Morgan fingerprint density at radius 2 is 2.12 bits per heavy atom. The number of fused-ring (bicyclic) bond motifs is 1. The van der Waals surface area contributed by atoms with Crippen LogP contribution in [0.5, 0.6) is 11.5 Å². The maximum atomic E-state index is 10.8. The van der Waals surface area contributed by atoms with E-state index in [2.05, 4.69) is 15.9 Å². The van der Waals surface area contributed by atoms with Crippen LogP contribution in [0.2, 0.25) is 0 Å². The lowest BCUT2D eigenvalue weighted by atomic mass is 10.0. The van der Waals surface area contributed by atoms with Gasteiger partial charge in [-0.3, -0.25) is 0 Å². The Bertz CT molecular complexity index is 471. The lowest BCUT2D eigenvalue weighted by molar-refractivity contribution is -0.147. The first-order chi connectivity index (χ1) is 8.02. The Hall–Kier alpha value is -1.27. The molecule has 1 heterocycles. The summed E-state index contributed by atoms with van der Waals surface area (Å²) >= 11 is 3.26. The maximum absolute atomic E-state index is 10.8. The van der Waals surface area contributed by atoms with Crippen LogP contribution < -0.4 is 9.47 Å². The smallest absolute Gasteiger partial charge is 0.337 e. The first-order valence-corrected chi connectivity index (χ1v) is 5.81. The van der Waals surface area contributed by atoms with Gasteiger partial charge in [-0.2, -0.15) is 0 Å². The number of carbonyl (C=O) groups is 1. The Kier molecular flexibility index (Phi) is 3.26. The van der Waals surface area contributed by atoms with E-state index in [-0.39, 0.29) is 0 Å². The summed E-state index contributed by atoms with van der Waals surface area (Å²) in [5, 5.41) is 18.5. The van der Waals surface area contributed by atoms with Crippen LogP contribution in [0, 0.1) is 6.92 Å². The van der Waals surface area contributed by atoms with Crippen molar-refractivity contribution in [1.29, 1.82) is 0 Å². The average Bonchev–Trinajstić information content (AvgIpc) is 2.28. The summed E-state index contributed by atoms with van der Waals surface area (Å²) in [6.45, 7) is 2.57. The van der Waals surface area contributed by atoms with Crippen molar-refractivity contribution in [3.8, 4) is 11.5 Å². The monoisotopic (exact) mass is 302 g/mol. The second kappa shape index (κ2) is 4.54. The molecule has 0 saturated heterocycles. The molecule has 2 N–H and O–H groups in total. The van der Waals surface area contributed by atoms with Gasteiger partial charge in [0.25, 0.3) is 0 Å². The maximum Gasteiger partial charge on any atom is 0.337 e. The van der Waals surface area contributed by atoms with Crippen molar-refractivity contribution in [1.82, 2.24) is 0 Å². The van der Waals surface area contributed by atoms with Gasteiger partial charge in [0.2, 0.25) is 0 Å². The van der Waals surface area contributed by atoms with Gasteiger partial charge in [-0.15, -0.1) is 0 Å². The number of benzene rings is 1. The van der Waals surface area contributed by atoms with Crippen LogP contribution in [-0.4, -0.2) is 29.4 Å². The zero-order chi connectivity index (χ0) is 12.6. The molecule has 0 aliphatic carbocycles. The van der Waals surface area contributed by atoms with Gasteiger partial charge < -0.3 is 19.7 Å². The Labute approximate surface area is 106 Å². The van der Waals surface area contributed by atoms with Crippen LogP contribution in [-0.2, 0) is 4.79 Å². The highest BCUT2D eigenvalue weighted by Gasteiger charge is 2.27. The van der Waals surface area contributed by atoms with Gasteiger partial charge in [0.1, 0.15) is 13.2 Å². The van der Waals surface area contributed by atoms with E-state index in [9.17, 15) is 9.90 Å². The van der Waals surface area contributed by atoms with Gasteiger partial charge in [-0.25, -0.2) is 4.79 Å². The standard InChI is InChI=1S/C11H11BrO5/c1-5-4-6-10(17-3-2-16-6)8(12)7(5)9(13)11(14)15/h4,9,13H,2-3H2,1H3,(H,14,15). The molecule has 6 heteroatoms. The molecule has 0 fully saturated rings. The van der Waals surface area contributed by atoms with Gasteiger partial charge in [0, 0.05) is 5.56 Å². The first-order valence-electron chi connectivity index (χ1n) is 5.02. The predicted molar refractivity (Wildman–Crippen MR) is 62.5 cm³/mol. The topological polar surface area (TPSA) is 76.0 Å². The Morgan fingerprint density at radius 3 is 2.76 bits per heavy atom. The third kappa shape index (κ3) is 2.10. The number of hydrogen-bond acceptors (Lipinski definition) is 4. The van der Waals surface area contributed by atoms with Crippen LogP contribution in [0.1, 0.15) is 17.2 Å². The van der Waals surface area contributed by atoms with Gasteiger partial charge >= 0.3 is 5.97 Å². The number of ether oxygens (including phenoxy) is 2. The fraction of sp³-hybridized carbons (Fsp3) is 0.364. The van der Waals surface area contributed by atoms with E-state index in [1.54, 1.807) is 13.0 Å². The molecule has 1 unspecified atom stereocenters. The summed E-state index contributed by atoms with van der Waals surface area (Å²) in [7, 11) is 0. The van der Waals surface area contributed by atoms with Crippen molar-refractivity contribution < 1.29 is 24.5 Å². The van der Waals surface area contributed by atoms with Crippen molar-refractivity contribution in [3.63, 3.8) is 0 Å². The highest BCUT2D eigenvalue weighted by atomic mass is 79.9. The SMILES string of the molecule is Cc1cc2c(c(Br)c1C(O)C(=O)O)OCCO2. The third-order valence-corrected chi connectivity index (χ3v) is 3.31. The zero-order valence-electron chi connectivity index (χ0n) is 9.07. The van der Waals surface area contributed by atoms with Crippen molar-refractivity contribution in [2.24, 2.45) is 0 Å². The van der Waals surface area contributed by atoms with Gasteiger partial charge in [0.05, 0.1) is 4.47 Å². The number of carboxylic acid groups (broad SMARTS) is 1. The van der Waals surface area contributed by atoms with Crippen LogP contribution >= 0.6 is 15.9 Å². The minimum atomic E-state index is -1.58. The van der Waals surface area contributed by atoms with Crippen molar-refractivity contribution in [2.75, 3.05) is 13.2 Å². The van der Waals surface area contributed by atoms with Crippen molar-refractivity contribution in [2.45, 2.75) is 13.0 Å². The molecule has 1 aromatic rings. The summed E-state index contributed by atoms with van der Waals surface area (Å²) < 4.78 is 11.2. The number of aliphatic hydroxyl groups excluding tert-OH is 1. The van der Waals surface area contributed by atoms with E-state index < -0.39 is 12.1 Å². The molecule has 1 aliphatic rings. The molecule has 1 atom stereocenters. The molecule has 1 aliphatic heterocycles. The van der Waals surface area contributed by atoms with E-state index in [1.165, 1.54) is 0 Å². The van der Waals surface area contributed by atoms with Crippen LogP contribution in [0.15, 0.2) is 10.5 Å². The normalized spacial score (nSPS) is 15.5. The molecule has 0 saturated carbocycles. The molecular weight excluding hydrogens is 292 g/mol. The summed E-state index contributed by atoms with van der Waals surface area (Å²) in [4.78, 5) is 10.8. The molecule has 5 nitrogen and oxygen atoms in total. The number of carboxylic acids is 1. The molecule has 0 aromatic heterocycles. The molecule has 92 valence electrons. The molecule has 1 aromatic carbocycles. The third-order valence-electron chi connectivity index (χ3n) is 2.53. The molecule has 0 amide bonds. The molecule has 0 spiro atoms. The molecule has 17 heavy (non-hydrogen) atoms. The van der Waals surface area contributed by atoms with Crippen LogP contribution in [0.3, 0.4) is 0 Å². The number of aliphatic hydroxyl groups is 1. The number of hydrogen-bond donors (Lipinski definition) is 2. The number of aryl methyl sites for hydroxylation is 1. The highest BCUT2D eigenvalue weighted by molar-refractivity contribution is 9.10. The second-order valence-corrected chi connectivity index (χ2v) is 4.48. The van der Waals surface area contributed by atoms with Crippen LogP contribution in [0.4, 0.5) is 0 Å². The quantitative estimate of drug-likeness (QED) is 0.869. The fourth-order valence-electron chi connectivity index (χ4n) is 1.74. The van der Waals surface area contributed by atoms with Gasteiger partial charge in [-0.1, -0.05) is 0 Å². The van der Waals surface area contributed by atoms with Gasteiger partial charge in [0.15, 0.2) is 17.6 Å². The lowest BCUT2D eigenvalue weighted by Gasteiger charge is -2.23. The summed E-state index contributed by atoms with van der Waals surface area (Å²) in [5.41, 5.74) is 0.928. The minimum Gasteiger partial charge on any atom is -0.486 e. The molecular formula is C11H11BrO5. The van der Waals surface area contributed by atoms with E-state index in [0.29, 0.717) is 40.3 Å². The largest absolute Gasteiger partial charge is 0.486 e. The molecule has 0 bridgehead atoms. The predicted octanol–water partition coefficient (Wildman–Crippen LogP) is 1.65. The Balaban J connectivity index is 2.57. The Morgan fingerprint density at radius 1 is 1.47 bits per heavy atom. The fourth-order valence-corrected chi connectivity index (χ4v) is 2.58. The number of rotatable bonds is 2. The molecule has 0 radical (unpaired) electrons. The lowest BCUT2D eigenvalue weighted by Crippen LogP contribution is -2.18. The minimum absolute atomic E-state index is 0.293. The van der Waals surface area contributed by atoms with E-state index in [4.69, 9.17) is 14.6 Å². The summed E-state index contributed by atoms with van der Waals surface area (Å²) in [6.07, 6.45) is -1.58. The van der Waals surface area contributed by atoms with Gasteiger partial charge in [-0.05, 0) is 34.5 Å². The van der Waals surface area contributed by atoms with Crippen LogP contribution in [0.25, 0.3) is 0 Å². The summed E-state index contributed by atoms with van der Waals surface area (Å²) in [6, 6.07) is 1.67. The second-order valence-electron chi connectivity index (χ2n) is 3.69. The average molecular weight is 303 g/mol. The number of halogens is 1. The number of aliphatic carboxylic acids is 1. The highest BCUT2D eigenvalue weighted by Crippen LogP contribution is 2.43. The zero-order valence-corrected chi connectivity index (χ0v) is 10.7. The molecule has 2 rings (SSSR count).